The van der Waals surface area contributed by atoms with Crippen LogP contribution in [0.3, 0.4) is 0 Å². The highest BCUT2D eigenvalue weighted by molar-refractivity contribution is 5.96. The molecule has 1 saturated carbocycles. The fourth-order valence-corrected chi connectivity index (χ4v) is 7.27. The number of aromatic nitrogens is 1. The van der Waals surface area contributed by atoms with Crippen LogP contribution in [0.25, 0.3) is 22.2 Å². The summed E-state index contributed by atoms with van der Waals surface area (Å²) in [5, 5.41) is 23.5. The third-order valence-electron chi connectivity index (χ3n) is 10.5. The molecule has 3 amide bonds. The van der Waals surface area contributed by atoms with Gasteiger partial charge in [0, 0.05) is 54.9 Å². The average molecular weight is 699 g/mol. The maximum absolute atomic E-state index is 14.6. The average Bonchev–Trinajstić information content (AvgIpc) is 3.39. The number of aliphatic carboxylic acids is 1. The number of hydrogen-bond donors (Lipinski definition) is 3. The lowest BCUT2D eigenvalue weighted by molar-refractivity contribution is -0.149. The van der Waals surface area contributed by atoms with Gasteiger partial charge in [0.25, 0.3) is 0 Å². The van der Waals surface area contributed by atoms with E-state index in [2.05, 4.69) is 11.9 Å². The molecule has 270 valence electrons. The molecule has 3 fully saturated rings. The number of fused-ring (bicyclic) bond motifs is 1. The molecule has 1 aromatic heterocycles. The van der Waals surface area contributed by atoms with Gasteiger partial charge in [-0.2, -0.15) is 0 Å². The number of nitrogens with one attached hydrogen (secondary N) is 1. The Bertz CT molecular complexity index is 1840. The van der Waals surface area contributed by atoms with Crippen molar-refractivity contribution in [3.8, 4) is 22.8 Å². The first-order chi connectivity index (χ1) is 24.2. The second-order valence-electron chi connectivity index (χ2n) is 15.0. The van der Waals surface area contributed by atoms with Gasteiger partial charge < -0.3 is 34.8 Å². The summed E-state index contributed by atoms with van der Waals surface area (Å²) < 4.78 is 12.1. The summed E-state index contributed by atoms with van der Waals surface area (Å²) in [5.74, 6) is -2.51. The van der Waals surface area contributed by atoms with Crippen LogP contribution in [0.5, 0.6) is 11.5 Å². The van der Waals surface area contributed by atoms with E-state index in [1.807, 2.05) is 69.3 Å². The molecule has 6 atom stereocenters. The molecule has 3 aliphatic rings. The largest absolute Gasteiger partial charge is 0.497 e. The van der Waals surface area contributed by atoms with Gasteiger partial charge in [-0.05, 0) is 30.4 Å². The van der Waals surface area contributed by atoms with E-state index >= 15 is 0 Å². The molecule has 3 aromatic rings. The van der Waals surface area contributed by atoms with Gasteiger partial charge in [0.2, 0.25) is 17.7 Å². The number of hydrogen-bond acceptors (Lipinski definition) is 8. The van der Waals surface area contributed by atoms with Gasteiger partial charge in [0.1, 0.15) is 29.2 Å². The number of pyridine rings is 1. The number of likely N-dealkylation sites (tertiary alicyclic amines) is 2. The number of β-amino-alcohol motifs (C(OH)–C–C–N with tert-alkyl or cyclic N) is 1. The Morgan fingerprint density at radius 1 is 1.12 bits per heavy atom. The minimum atomic E-state index is -1.49. The van der Waals surface area contributed by atoms with Crippen LogP contribution in [0.15, 0.2) is 67.3 Å². The van der Waals surface area contributed by atoms with Crippen molar-refractivity contribution in [2.75, 3.05) is 26.7 Å². The van der Waals surface area contributed by atoms with Crippen LogP contribution in [-0.2, 0) is 19.2 Å². The molecular formula is C39H46N4O8. The monoisotopic (exact) mass is 698 g/mol. The van der Waals surface area contributed by atoms with Crippen LogP contribution in [0.4, 0.5) is 0 Å². The van der Waals surface area contributed by atoms with Crippen molar-refractivity contribution in [3.63, 3.8) is 0 Å². The number of carboxylic acids is 1. The van der Waals surface area contributed by atoms with Crippen LogP contribution >= 0.6 is 0 Å². The summed E-state index contributed by atoms with van der Waals surface area (Å²) in [6.07, 6.45) is 0.943. The Hall–Kier alpha value is -4.97. The minimum absolute atomic E-state index is 0.0335. The number of ether oxygens (including phenoxy) is 2. The highest BCUT2D eigenvalue weighted by Gasteiger charge is 2.61. The number of rotatable bonds is 11. The van der Waals surface area contributed by atoms with Crippen molar-refractivity contribution < 1.29 is 38.9 Å². The van der Waals surface area contributed by atoms with Crippen molar-refractivity contribution >= 4 is 34.6 Å². The molecule has 12 heteroatoms. The van der Waals surface area contributed by atoms with Gasteiger partial charge in [0.15, 0.2) is 0 Å². The number of carbonyl (C=O) groups is 4. The van der Waals surface area contributed by atoms with E-state index in [0.29, 0.717) is 41.1 Å². The van der Waals surface area contributed by atoms with Gasteiger partial charge >= 0.3 is 5.97 Å². The third kappa shape index (κ3) is 7.28. The van der Waals surface area contributed by atoms with Gasteiger partial charge in [0.05, 0.1) is 36.9 Å². The molecule has 0 radical (unpaired) electrons. The molecule has 51 heavy (non-hydrogen) atoms. The first-order valence-electron chi connectivity index (χ1n) is 17.4. The van der Waals surface area contributed by atoms with Crippen molar-refractivity contribution in [1.29, 1.82) is 0 Å². The van der Waals surface area contributed by atoms with Crippen molar-refractivity contribution in [3.05, 3.63) is 67.3 Å². The summed E-state index contributed by atoms with van der Waals surface area (Å²) in [5.41, 5.74) is 0.0150. The fraction of sp³-hybridized carbons (Fsp3) is 0.462. The van der Waals surface area contributed by atoms with Crippen LogP contribution in [0, 0.1) is 17.3 Å². The smallest absolute Gasteiger partial charge is 0.330 e. The molecule has 6 rings (SSSR count). The van der Waals surface area contributed by atoms with E-state index in [4.69, 9.17) is 14.5 Å². The molecule has 3 N–H and O–H groups in total. The second kappa shape index (κ2) is 14.0. The SMILES string of the molecule is C=CC1CC1(NC(=O)[C@@H]1C[C@@H](Oc2cc(-c3ccccc3)nc3cc(OC)ccc23)CN1C(=O)[C@@H](CC(=O)N1CCC(O)C1)C(C)(C)C)C(=O)O. The number of nitrogens with zero attached hydrogens (tertiary/aromatic N) is 3. The molecule has 0 spiro atoms. The number of aliphatic hydroxyl groups excluding tert-OH is 1. The van der Waals surface area contributed by atoms with E-state index in [1.165, 1.54) is 11.0 Å². The number of carboxylic acid groups (broad SMARTS) is 1. The predicted octanol–water partition coefficient (Wildman–Crippen LogP) is 4.05. The van der Waals surface area contributed by atoms with Gasteiger partial charge in [-0.1, -0.05) is 57.2 Å². The van der Waals surface area contributed by atoms with Crippen molar-refractivity contribution in [2.24, 2.45) is 17.3 Å². The molecule has 12 nitrogen and oxygen atoms in total. The Labute approximate surface area is 297 Å². The molecule has 1 aliphatic carbocycles. The van der Waals surface area contributed by atoms with E-state index < -0.39 is 58.8 Å². The lowest BCUT2D eigenvalue weighted by Gasteiger charge is -2.35. The molecule has 0 bridgehead atoms. The Kier molecular flexibility index (Phi) is 9.82. The zero-order valence-electron chi connectivity index (χ0n) is 29.5. The van der Waals surface area contributed by atoms with E-state index in [-0.39, 0.29) is 38.3 Å². The summed E-state index contributed by atoms with van der Waals surface area (Å²) in [6, 6.07) is 15.9. The zero-order valence-corrected chi connectivity index (χ0v) is 29.5. The standard InChI is InChI=1S/C39H46N4O8/c1-6-24-20-39(24,37(48)49)41-35(46)32-17-27(22-43(32)36(47)29(38(2,3)4)18-34(45)42-15-14-25(44)21-42)51-33-19-30(23-10-8-7-9-11-23)40-31-16-26(50-5)12-13-28(31)33/h6-13,16,19,24-25,27,29,32,44H,1,14-15,17-18,20-22H2,2-5H3,(H,41,46)(H,48,49)/t24?,25?,27-,29-,32+,39?/m1/s1. The third-order valence-corrected chi connectivity index (χ3v) is 10.5. The first-order valence-corrected chi connectivity index (χ1v) is 17.4. The van der Waals surface area contributed by atoms with Crippen molar-refractivity contribution in [2.45, 2.75) is 70.2 Å². The number of benzene rings is 2. The van der Waals surface area contributed by atoms with Crippen LogP contribution in [0.2, 0.25) is 0 Å². The predicted molar refractivity (Wildman–Crippen MR) is 190 cm³/mol. The zero-order chi connectivity index (χ0) is 36.7. The molecule has 3 unspecified atom stereocenters. The maximum atomic E-state index is 14.6. The Balaban J connectivity index is 1.33. The molecule has 2 aliphatic heterocycles. The number of aliphatic hydroxyl groups is 1. The first kappa shape index (κ1) is 35.8. The van der Waals surface area contributed by atoms with Crippen LogP contribution in [-0.4, -0.2) is 99.2 Å². The van der Waals surface area contributed by atoms with Gasteiger partial charge in [-0.25, -0.2) is 9.78 Å². The number of carbonyl (C=O) groups excluding carboxylic acids is 3. The van der Waals surface area contributed by atoms with Gasteiger partial charge in [-0.3, -0.25) is 14.4 Å². The topological polar surface area (TPSA) is 159 Å². The summed E-state index contributed by atoms with van der Waals surface area (Å²) in [6.45, 7) is 10.0. The summed E-state index contributed by atoms with van der Waals surface area (Å²) >= 11 is 0. The highest BCUT2D eigenvalue weighted by atomic mass is 16.5. The Morgan fingerprint density at radius 2 is 1.86 bits per heavy atom. The Morgan fingerprint density at radius 3 is 2.47 bits per heavy atom. The lowest BCUT2D eigenvalue weighted by Crippen LogP contribution is -2.54. The van der Waals surface area contributed by atoms with Crippen LogP contribution in [0.1, 0.15) is 46.5 Å². The number of methoxy groups -OCH3 is 1. The van der Waals surface area contributed by atoms with E-state index in [1.54, 1.807) is 18.1 Å². The van der Waals surface area contributed by atoms with Gasteiger partial charge in [-0.15, -0.1) is 6.58 Å². The van der Waals surface area contributed by atoms with Crippen molar-refractivity contribution in [1.82, 2.24) is 20.1 Å². The van der Waals surface area contributed by atoms with E-state index in [9.17, 15) is 29.4 Å². The highest BCUT2D eigenvalue weighted by Crippen LogP contribution is 2.45. The minimum Gasteiger partial charge on any atom is -0.497 e. The normalized spacial score (nSPS) is 25.0. The second-order valence-corrected chi connectivity index (χ2v) is 15.0. The van der Waals surface area contributed by atoms with E-state index in [0.717, 1.165) is 5.56 Å². The lowest BCUT2D eigenvalue weighted by atomic mass is 9.77. The summed E-state index contributed by atoms with van der Waals surface area (Å²) in [7, 11) is 1.58. The number of amides is 3. The molecular weight excluding hydrogens is 652 g/mol. The molecule has 2 saturated heterocycles. The molecule has 3 heterocycles. The quantitative estimate of drug-likeness (QED) is 0.251. The molecule has 2 aromatic carbocycles. The van der Waals surface area contributed by atoms with Crippen LogP contribution < -0.4 is 14.8 Å². The fourth-order valence-electron chi connectivity index (χ4n) is 7.27. The summed E-state index contributed by atoms with van der Waals surface area (Å²) in [4.78, 5) is 62.2. The maximum Gasteiger partial charge on any atom is 0.330 e.